The van der Waals surface area contributed by atoms with Crippen LogP contribution < -0.4 is 9.62 Å². The van der Waals surface area contributed by atoms with Crippen LogP contribution in [0.2, 0.25) is 0 Å². The molecule has 0 atom stereocenters. The molecule has 3 aromatic rings. The molecule has 0 bridgehead atoms. The number of sulfonamides is 1. The summed E-state index contributed by atoms with van der Waals surface area (Å²) in [5.74, 6) is -0.490. The van der Waals surface area contributed by atoms with Gasteiger partial charge in [-0.05, 0) is 56.2 Å². The first-order valence-electron chi connectivity index (χ1n) is 10.0. The van der Waals surface area contributed by atoms with Crippen LogP contribution in [0.1, 0.15) is 30.5 Å². The van der Waals surface area contributed by atoms with Crippen molar-refractivity contribution >= 4 is 49.8 Å². The lowest BCUT2D eigenvalue weighted by molar-refractivity contribution is -0.114. The highest BCUT2D eigenvalue weighted by atomic mass is 32.2. The van der Waals surface area contributed by atoms with Crippen molar-refractivity contribution in [3.05, 3.63) is 59.2 Å². The Balaban J connectivity index is 1.90. The Hall–Kier alpha value is -2.43. The third kappa shape index (κ3) is 5.87. The van der Waals surface area contributed by atoms with Crippen molar-refractivity contribution in [2.24, 2.45) is 0 Å². The van der Waals surface area contributed by atoms with Crippen LogP contribution in [-0.4, -0.2) is 36.3 Å². The molecule has 0 aliphatic rings. The highest BCUT2D eigenvalue weighted by molar-refractivity contribution is 8.01. The molecule has 2 aromatic carbocycles. The number of aromatic nitrogens is 2. The summed E-state index contributed by atoms with van der Waals surface area (Å²) in [4.78, 5) is 13.0. The van der Waals surface area contributed by atoms with Gasteiger partial charge in [-0.15, -0.1) is 10.2 Å². The van der Waals surface area contributed by atoms with Gasteiger partial charge < -0.3 is 0 Å². The van der Waals surface area contributed by atoms with Crippen LogP contribution >= 0.6 is 23.1 Å². The Bertz CT molecular complexity index is 1210. The van der Waals surface area contributed by atoms with Gasteiger partial charge in [-0.25, -0.2) is 8.42 Å². The summed E-state index contributed by atoms with van der Waals surface area (Å²) in [6, 6.07) is 11.9. The molecule has 3 rings (SSSR count). The number of nitrogens with one attached hydrogen (secondary N) is 1. The maximum atomic E-state index is 13.5. The molecular formula is C22H26N4O3S3. The number of benzene rings is 2. The molecule has 0 aliphatic carbocycles. The quantitative estimate of drug-likeness (QED) is 0.360. The summed E-state index contributed by atoms with van der Waals surface area (Å²) in [5, 5.41) is 11.4. The van der Waals surface area contributed by atoms with E-state index in [0.29, 0.717) is 16.1 Å². The van der Waals surface area contributed by atoms with E-state index in [0.717, 1.165) is 25.3 Å². The maximum Gasteiger partial charge on any atom is 0.264 e. The zero-order valence-electron chi connectivity index (χ0n) is 18.6. The minimum Gasteiger partial charge on any atom is -0.299 e. The molecule has 1 N–H and O–H groups in total. The van der Waals surface area contributed by atoms with Gasteiger partial charge >= 0.3 is 0 Å². The first kappa shape index (κ1) is 24.2. The van der Waals surface area contributed by atoms with Crippen LogP contribution in [0.4, 0.5) is 10.8 Å². The summed E-state index contributed by atoms with van der Waals surface area (Å²) in [7, 11) is -3.96. The van der Waals surface area contributed by atoms with Gasteiger partial charge in [0.25, 0.3) is 10.0 Å². The molecule has 1 amide bonds. The van der Waals surface area contributed by atoms with E-state index in [-0.39, 0.29) is 11.4 Å². The molecule has 0 aliphatic heterocycles. The summed E-state index contributed by atoms with van der Waals surface area (Å²) >= 11 is 2.81. The molecule has 1 heterocycles. The fourth-order valence-electron chi connectivity index (χ4n) is 2.83. The van der Waals surface area contributed by atoms with Gasteiger partial charge in [0.05, 0.1) is 10.6 Å². The van der Waals surface area contributed by atoms with Gasteiger partial charge in [0.1, 0.15) is 6.54 Å². The number of carbonyl (C=O) groups is 1. The zero-order chi connectivity index (χ0) is 23.5. The zero-order valence-corrected chi connectivity index (χ0v) is 21.1. The standard InChI is InChI=1S/C22H26N4O3S3/c1-14(2)30-22-25-24-21(31-22)23-20(27)13-26(18-9-8-16(4)17(5)12-18)32(28,29)19-10-6-15(3)7-11-19/h6-12,14H,13H2,1-5H3,(H,23,24,27). The topological polar surface area (TPSA) is 92.3 Å². The summed E-state index contributed by atoms with van der Waals surface area (Å²) in [5.41, 5.74) is 3.35. The van der Waals surface area contributed by atoms with Crippen LogP contribution in [0.3, 0.4) is 0 Å². The fourth-order valence-corrected chi connectivity index (χ4v) is 6.24. The molecule has 10 heteroatoms. The predicted molar refractivity (Wildman–Crippen MR) is 131 cm³/mol. The van der Waals surface area contributed by atoms with Gasteiger partial charge in [0.15, 0.2) is 4.34 Å². The molecule has 0 saturated carbocycles. The molecule has 0 radical (unpaired) electrons. The predicted octanol–water partition coefficient (Wildman–Crippen LogP) is 4.80. The maximum absolute atomic E-state index is 13.5. The molecule has 7 nitrogen and oxygen atoms in total. The minimum atomic E-state index is -3.96. The lowest BCUT2D eigenvalue weighted by Gasteiger charge is -2.24. The SMILES string of the molecule is Cc1ccc(S(=O)(=O)N(CC(=O)Nc2nnc(SC(C)C)s2)c2ccc(C)c(C)c2)cc1. The van der Waals surface area contributed by atoms with Gasteiger partial charge in [0.2, 0.25) is 11.0 Å². The second-order valence-corrected chi connectivity index (χ2v) is 12.3. The third-order valence-corrected chi connectivity index (χ3v) is 8.38. The van der Waals surface area contributed by atoms with Crippen molar-refractivity contribution in [2.45, 2.75) is 49.1 Å². The first-order valence-corrected chi connectivity index (χ1v) is 13.2. The number of hydrogen-bond acceptors (Lipinski definition) is 7. The monoisotopic (exact) mass is 490 g/mol. The van der Waals surface area contributed by atoms with E-state index in [2.05, 4.69) is 15.5 Å². The van der Waals surface area contributed by atoms with Crippen molar-refractivity contribution in [1.82, 2.24) is 10.2 Å². The second kappa shape index (κ2) is 10.0. The average molecular weight is 491 g/mol. The van der Waals surface area contributed by atoms with E-state index >= 15 is 0 Å². The van der Waals surface area contributed by atoms with E-state index in [4.69, 9.17) is 0 Å². The first-order chi connectivity index (χ1) is 15.1. The number of thioether (sulfide) groups is 1. The second-order valence-electron chi connectivity index (χ2n) is 7.68. The largest absolute Gasteiger partial charge is 0.299 e. The van der Waals surface area contributed by atoms with E-state index in [1.54, 1.807) is 48.2 Å². The van der Waals surface area contributed by atoms with Crippen molar-refractivity contribution in [1.29, 1.82) is 0 Å². The van der Waals surface area contributed by atoms with E-state index < -0.39 is 15.9 Å². The van der Waals surface area contributed by atoms with Crippen molar-refractivity contribution < 1.29 is 13.2 Å². The number of carbonyl (C=O) groups excluding carboxylic acids is 1. The normalized spacial score (nSPS) is 11.6. The fraction of sp³-hybridized carbons (Fsp3) is 0.318. The number of aryl methyl sites for hydroxylation is 3. The van der Waals surface area contributed by atoms with Crippen molar-refractivity contribution in [2.75, 3.05) is 16.2 Å². The average Bonchev–Trinajstić information content (AvgIpc) is 3.14. The van der Waals surface area contributed by atoms with Gasteiger partial charge in [0, 0.05) is 5.25 Å². The van der Waals surface area contributed by atoms with Crippen LogP contribution in [0.15, 0.2) is 51.7 Å². The molecule has 1 aromatic heterocycles. The lowest BCUT2D eigenvalue weighted by Crippen LogP contribution is -2.38. The van der Waals surface area contributed by atoms with Gasteiger partial charge in [-0.2, -0.15) is 0 Å². The van der Waals surface area contributed by atoms with Gasteiger partial charge in [-0.1, -0.05) is 60.7 Å². The molecule has 0 saturated heterocycles. The molecule has 0 fully saturated rings. The van der Waals surface area contributed by atoms with Crippen LogP contribution in [-0.2, 0) is 14.8 Å². The Morgan fingerprint density at radius 2 is 1.75 bits per heavy atom. The Morgan fingerprint density at radius 3 is 2.38 bits per heavy atom. The summed E-state index contributed by atoms with van der Waals surface area (Å²) < 4.78 is 28.8. The number of rotatable bonds is 8. The summed E-state index contributed by atoms with van der Waals surface area (Å²) in [6.07, 6.45) is 0. The number of anilines is 2. The van der Waals surface area contributed by atoms with Crippen LogP contribution in [0, 0.1) is 20.8 Å². The van der Waals surface area contributed by atoms with E-state index in [1.807, 2.05) is 40.7 Å². The van der Waals surface area contributed by atoms with Crippen molar-refractivity contribution in [3.63, 3.8) is 0 Å². The molecule has 0 spiro atoms. The van der Waals surface area contributed by atoms with Gasteiger partial charge in [-0.3, -0.25) is 14.4 Å². The summed E-state index contributed by atoms with van der Waals surface area (Å²) in [6.45, 7) is 9.45. The number of amides is 1. The number of hydrogen-bond donors (Lipinski definition) is 1. The molecule has 32 heavy (non-hydrogen) atoms. The third-order valence-electron chi connectivity index (χ3n) is 4.66. The Morgan fingerprint density at radius 1 is 1.06 bits per heavy atom. The molecule has 170 valence electrons. The Kier molecular flexibility index (Phi) is 7.58. The van der Waals surface area contributed by atoms with Crippen molar-refractivity contribution in [3.8, 4) is 0 Å². The van der Waals surface area contributed by atoms with E-state index in [1.165, 1.54) is 11.3 Å². The highest BCUT2D eigenvalue weighted by Gasteiger charge is 2.28. The smallest absolute Gasteiger partial charge is 0.264 e. The highest BCUT2D eigenvalue weighted by Crippen LogP contribution is 2.29. The molecule has 0 unspecified atom stereocenters. The number of nitrogens with zero attached hydrogens (tertiary/aromatic N) is 3. The van der Waals surface area contributed by atoms with Crippen LogP contribution in [0.5, 0.6) is 0 Å². The Labute approximate surface area is 197 Å². The minimum absolute atomic E-state index is 0.126. The molecular weight excluding hydrogens is 464 g/mol. The van der Waals surface area contributed by atoms with E-state index in [9.17, 15) is 13.2 Å². The van der Waals surface area contributed by atoms with Crippen LogP contribution in [0.25, 0.3) is 0 Å². The lowest BCUT2D eigenvalue weighted by atomic mass is 10.1.